The minimum atomic E-state index is -4.21. The molecule has 0 atom stereocenters. The Labute approximate surface area is 116 Å². The zero-order chi connectivity index (χ0) is 14.6. The molecule has 8 heteroatoms. The molecule has 0 amide bonds. The number of benzene rings is 1. The highest BCUT2D eigenvalue weighted by atomic mass is 32.2. The summed E-state index contributed by atoms with van der Waals surface area (Å²) in [6, 6.07) is 6.89. The lowest BCUT2D eigenvalue weighted by Gasteiger charge is -2.07. The maximum Gasteiger partial charge on any atom is 0.441 e. The molecule has 0 bridgehead atoms. The van der Waals surface area contributed by atoms with Gasteiger partial charge in [0.05, 0.1) is 17.4 Å². The molecule has 108 valence electrons. The highest BCUT2D eigenvalue weighted by Crippen LogP contribution is 2.29. The summed E-state index contributed by atoms with van der Waals surface area (Å²) in [6.07, 6.45) is 0. The summed E-state index contributed by atoms with van der Waals surface area (Å²) < 4.78 is 35.7. The lowest BCUT2D eigenvalue weighted by atomic mass is 10.2. The van der Waals surface area contributed by atoms with E-state index in [1.807, 2.05) is 0 Å². The zero-order valence-electron chi connectivity index (χ0n) is 10.3. The van der Waals surface area contributed by atoms with Crippen LogP contribution in [0.1, 0.15) is 5.82 Å². The van der Waals surface area contributed by atoms with Gasteiger partial charge in [0, 0.05) is 12.3 Å². The lowest BCUT2D eigenvalue weighted by Crippen LogP contribution is -2.22. The summed E-state index contributed by atoms with van der Waals surface area (Å²) in [5.74, 6) is 0.326. The molecule has 0 aliphatic carbocycles. The van der Waals surface area contributed by atoms with Gasteiger partial charge >= 0.3 is 5.51 Å². The highest BCUT2D eigenvalue weighted by molar-refractivity contribution is 8.00. The van der Waals surface area contributed by atoms with E-state index in [1.165, 1.54) is 0 Å². The van der Waals surface area contributed by atoms with Gasteiger partial charge in [0.15, 0.2) is 0 Å². The van der Waals surface area contributed by atoms with Crippen molar-refractivity contribution < 1.29 is 13.2 Å². The second-order valence-electron chi connectivity index (χ2n) is 4.00. The normalized spacial score (nSPS) is 11.9. The standard InChI is InChI=1S/C12H12F3N3OS/c13-12(14,15)20-6-5-16-7-10-17-9-4-2-1-3-8(9)11(19)18-10/h1-4,16H,5-7H2,(H,17,18,19). The number of aromatic nitrogens is 2. The van der Waals surface area contributed by atoms with Gasteiger partial charge in [-0.1, -0.05) is 12.1 Å². The summed E-state index contributed by atoms with van der Waals surface area (Å²) in [4.78, 5) is 18.6. The fraction of sp³-hybridized carbons (Fsp3) is 0.333. The van der Waals surface area contributed by atoms with E-state index in [1.54, 1.807) is 24.3 Å². The molecule has 4 nitrogen and oxygen atoms in total. The third kappa shape index (κ3) is 4.24. The monoisotopic (exact) mass is 303 g/mol. The van der Waals surface area contributed by atoms with Crippen LogP contribution in [0.2, 0.25) is 0 Å². The smallest absolute Gasteiger partial charge is 0.309 e. The molecular weight excluding hydrogens is 291 g/mol. The van der Waals surface area contributed by atoms with Crippen LogP contribution < -0.4 is 10.9 Å². The Hall–Kier alpha value is -1.54. The van der Waals surface area contributed by atoms with Gasteiger partial charge in [-0.25, -0.2) is 4.98 Å². The van der Waals surface area contributed by atoms with Crippen LogP contribution in [0, 0.1) is 0 Å². The van der Waals surface area contributed by atoms with E-state index in [0.717, 1.165) is 0 Å². The summed E-state index contributed by atoms with van der Waals surface area (Å²) in [6.45, 7) is 0.402. The van der Waals surface area contributed by atoms with Crippen molar-refractivity contribution in [2.24, 2.45) is 0 Å². The third-order valence-electron chi connectivity index (χ3n) is 2.50. The number of hydrogen-bond donors (Lipinski definition) is 2. The Morgan fingerprint density at radius 2 is 2.05 bits per heavy atom. The van der Waals surface area contributed by atoms with Crippen molar-refractivity contribution >= 4 is 22.7 Å². The van der Waals surface area contributed by atoms with E-state index in [0.29, 0.717) is 16.7 Å². The molecule has 0 saturated heterocycles. The van der Waals surface area contributed by atoms with Crippen molar-refractivity contribution in [2.75, 3.05) is 12.3 Å². The van der Waals surface area contributed by atoms with Gasteiger partial charge in [-0.05, 0) is 23.9 Å². The van der Waals surface area contributed by atoms with Gasteiger partial charge in [-0.15, -0.1) is 0 Å². The first-order valence-electron chi connectivity index (χ1n) is 5.85. The van der Waals surface area contributed by atoms with Crippen LogP contribution in [0.5, 0.6) is 0 Å². The van der Waals surface area contributed by atoms with Gasteiger partial charge in [0.1, 0.15) is 5.82 Å². The van der Waals surface area contributed by atoms with Gasteiger partial charge < -0.3 is 10.3 Å². The number of H-pyrrole nitrogens is 1. The van der Waals surface area contributed by atoms with Crippen molar-refractivity contribution in [1.29, 1.82) is 0 Å². The Morgan fingerprint density at radius 1 is 1.30 bits per heavy atom. The molecule has 0 fully saturated rings. The van der Waals surface area contributed by atoms with Gasteiger partial charge in [0.2, 0.25) is 0 Å². The van der Waals surface area contributed by atoms with Crippen molar-refractivity contribution in [3.63, 3.8) is 0 Å². The molecule has 2 N–H and O–H groups in total. The van der Waals surface area contributed by atoms with Gasteiger partial charge in [0.25, 0.3) is 5.56 Å². The second kappa shape index (κ2) is 6.27. The number of halogens is 3. The third-order valence-corrected chi connectivity index (χ3v) is 3.23. The number of hydrogen-bond acceptors (Lipinski definition) is 4. The van der Waals surface area contributed by atoms with Crippen LogP contribution in [-0.2, 0) is 6.54 Å². The Balaban J connectivity index is 1.92. The molecule has 2 aromatic rings. The zero-order valence-corrected chi connectivity index (χ0v) is 11.1. The number of rotatable bonds is 5. The van der Waals surface area contributed by atoms with Crippen molar-refractivity contribution in [1.82, 2.24) is 15.3 Å². The fourth-order valence-electron chi connectivity index (χ4n) is 1.66. The first-order valence-corrected chi connectivity index (χ1v) is 6.83. The lowest BCUT2D eigenvalue weighted by molar-refractivity contribution is -0.0327. The van der Waals surface area contributed by atoms with Crippen LogP contribution in [0.25, 0.3) is 10.9 Å². The molecule has 20 heavy (non-hydrogen) atoms. The van der Waals surface area contributed by atoms with E-state index in [2.05, 4.69) is 15.3 Å². The first-order chi connectivity index (χ1) is 9.46. The number of aromatic amines is 1. The van der Waals surface area contributed by atoms with Crippen molar-refractivity contribution in [2.45, 2.75) is 12.1 Å². The van der Waals surface area contributed by atoms with Gasteiger partial charge in [-0.3, -0.25) is 4.79 Å². The molecule has 0 spiro atoms. The highest BCUT2D eigenvalue weighted by Gasteiger charge is 2.27. The number of thioether (sulfide) groups is 1. The number of para-hydroxylation sites is 1. The maximum atomic E-state index is 11.9. The van der Waals surface area contributed by atoms with Crippen LogP contribution >= 0.6 is 11.8 Å². The average molecular weight is 303 g/mol. The Kier molecular flexibility index (Phi) is 4.66. The van der Waals surface area contributed by atoms with Gasteiger partial charge in [-0.2, -0.15) is 13.2 Å². The topological polar surface area (TPSA) is 57.8 Å². The minimum absolute atomic E-state index is 0.0804. The SMILES string of the molecule is O=c1[nH]c(CNCCSC(F)(F)F)nc2ccccc12. The molecule has 0 aliphatic rings. The van der Waals surface area contributed by atoms with Crippen molar-refractivity contribution in [3.8, 4) is 0 Å². The van der Waals surface area contributed by atoms with E-state index >= 15 is 0 Å². The summed E-state index contributed by atoms with van der Waals surface area (Å²) in [5, 5.41) is 3.30. The van der Waals surface area contributed by atoms with Crippen LogP contribution in [-0.4, -0.2) is 27.8 Å². The summed E-state index contributed by atoms with van der Waals surface area (Å²) >= 11 is -0.0804. The Morgan fingerprint density at radius 3 is 2.80 bits per heavy atom. The molecule has 0 unspecified atom stereocenters. The second-order valence-corrected chi connectivity index (χ2v) is 5.16. The predicted octanol–water partition coefficient (Wildman–Crippen LogP) is 2.27. The minimum Gasteiger partial charge on any atom is -0.309 e. The molecule has 1 aromatic heterocycles. The maximum absolute atomic E-state index is 11.9. The average Bonchev–Trinajstić information content (AvgIpc) is 2.37. The quantitative estimate of drug-likeness (QED) is 0.832. The summed E-state index contributed by atoms with van der Waals surface area (Å²) in [5.41, 5.74) is -3.90. The molecule has 1 aromatic carbocycles. The fourth-order valence-corrected chi connectivity index (χ4v) is 2.14. The summed E-state index contributed by atoms with van der Waals surface area (Å²) in [7, 11) is 0. The first kappa shape index (κ1) is 14.9. The molecule has 1 heterocycles. The molecule has 0 saturated carbocycles. The van der Waals surface area contributed by atoms with Crippen LogP contribution in [0.15, 0.2) is 29.1 Å². The number of nitrogens with one attached hydrogen (secondary N) is 2. The molecular formula is C12H12F3N3OS. The van der Waals surface area contributed by atoms with E-state index < -0.39 is 5.51 Å². The molecule has 0 radical (unpaired) electrons. The Bertz CT molecular complexity index is 642. The predicted molar refractivity (Wildman–Crippen MR) is 72.6 cm³/mol. The molecule has 2 rings (SSSR count). The van der Waals surface area contributed by atoms with E-state index in [-0.39, 0.29) is 36.2 Å². The van der Waals surface area contributed by atoms with E-state index in [9.17, 15) is 18.0 Å². The largest absolute Gasteiger partial charge is 0.441 e. The number of nitrogens with zero attached hydrogens (tertiary/aromatic N) is 1. The number of alkyl halides is 3. The van der Waals surface area contributed by atoms with Crippen LogP contribution in [0.4, 0.5) is 13.2 Å². The number of fused-ring (bicyclic) bond motifs is 1. The van der Waals surface area contributed by atoms with Crippen LogP contribution in [0.3, 0.4) is 0 Å². The molecule has 0 aliphatic heterocycles. The van der Waals surface area contributed by atoms with E-state index in [4.69, 9.17) is 0 Å². The van der Waals surface area contributed by atoms with Crippen molar-refractivity contribution in [3.05, 3.63) is 40.4 Å².